The molecule has 3 N–H and O–H groups in total. The maximum Gasteiger partial charge on any atom is 0.408 e. The van der Waals surface area contributed by atoms with Crippen LogP contribution in [0.2, 0.25) is 0 Å². The van der Waals surface area contributed by atoms with Crippen molar-refractivity contribution in [1.29, 1.82) is 0 Å². The highest BCUT2D eigenvalue weighted by molar-refractivity contribution is 7.91. The number of alkyl carbamates (subject to hydrolysis) is 1. The van der Waals surface area contributed by atoms with Crippen molar-refractivity contribution in [3.05, 3.63) is 35.5 Å². The molecule has 8 rings (SSSR count). The second kappa shape index (κ2) is 14.4. The zero-order valence-corrected chi connectivity index (χ0v) is 35.5. The van der Waals surface area contributed by atoms with Crippen LogP contribution in [0.1, 0.15) is 98.1 Å². The monoisotopic (exact) mass is 878 g/mol. The molecule has 1 spiro atoms. The lowest BCUT2D eigenvalue weighted by Crippen LogP contribution is -2.61. The van der Waals surface area contributed by atoms with Gasteiger partial charge in [-0.15, -0.1) is 0 Å². The van der Waals surface area contributed by atoms with E-state index in [0.29, 0.717) is 25.0 Å². The predicted octanol–water partition coefficient (Wildman–Crippen LogP) is 5.23. The summed E-state index contributed by atoms with van der Waals surface area (Å²) in [5.74, 6) is -8.07. The Morgan fingerprint density at radius 2 is 1.79 bits per heavy atom. The van der Waals surface area contributed by atoms with Crippen LogP contribution in [-0.4, -0.2) is 95.3 Å². The molecule has 4 amide bonds. The highest BCUT2D eigenvalue weighted by Crippen LogP contribution is 2.73. The van der Waals surface area contributed by atoms with Crippen molar-refractivity contribution in [2.24, 2.45) is 22.7 Å². The number of hydrogen-bond acceptors (Lipinski definition) is 11. The summed E-state index contributed by atoms with van der Waals surface area (Å²) in [6, 6.07) is 1.57. The second-order valence-corrected chi connectivity index (χ2v) is 21.1. The molecular weight excluding hydrogens is 829 g/mol. The van der Waals surface area contributed by atoms with E-state index >= 15 is 8.78 Å². The van der Waals surface area contributed by atoms with E-state index in [-0.39, 0.29) is 48.0 Å². The molecule has 332 valence electrons. The van der Waals surface area contributed by atoms with E-state index in [1.807, 2.05) is 4.72 Å². The molecule has 0 radical (unpaired) electrons. The van der Waals surface area contributed by atoms with Crippen molar-refractivity contribution in [2.45, 2.75) is 133 Å². The van der Waals surface area contributed by atoms with Crippen molar-refractivity contribution in [1.82, 2.24) is 30.2 Å². The second-order valence-electron chi connectivity index (χ2n) is 18.9. The molecule has 3 heterocycles. The summed E-state index contributed by atoms with van der Waals surface area (Å²) in [4.78, 5) is 66.6. The number of methoxy groups -OCH3 is 1. The fraction of sp³-hybridized carbons (Fsp3) is 0.659. The molecule has 8 atom stereocenters. The SMILES string of the molecule is CC[C@@H]1[C@@H]2CN(C(=O)[C@H](C(C)(C)C)NC(=O)O[C@@H]3CC34CC4CCCC(F)(F)c3nc4ccc(OC)cc4nc3O2)[C@@H]1C(=O)N[C@]1(C(=O)NS(=O)(=O)C2(C)CC2)CC1=C(F)F. The number of fused-ring (bicyclic) bond motifs is 4. The first kappa shape index (κ1) is 42.9. The van der Waals surface area contributed by atoms with Crippen LogP contribution in [0, 0.1) is 22.7 Å². The first-order chi connectivity index (χ1) is 28.5. The lowest BCUT2D eigenvalue weighted by atomic mass is 9.85. The molecule has 4 saturated carbocycles. The minimum atomic E-state index is -4.34. The maximum absolute atomic E-state index is 16.5. The van der Waals surface area contributed by atoms with Crippen molar-refractivity contribution >= 4 is 44.9 Å². The summed E-state index contributed by atoms with van der Waals surface area (Å²) in [5.41, 5.74) is -5.08. The number of alkyl halides is 2. The number of hydrogen-bond donors (Lipinski definition) is 3. The van der Waals surface area contributed by atoms with Crippen molar-refractivity contribution in [3.63, 3.8) is 0 Å². The third-order valence-corrected chi connectivity index (χ3v) is 15.8. The van der Waals surface area contributed by atoms with Gasteiger partial charge in [0.25, 0.3) is 17.9 Å². The van der Waals surface area contributed by atoms with Gasteiger partial charge in [0, 0.05) is 35.8 Å². The van der Waals surface area contributed by atoms with Gasteiger partial charge in [-0.25, -0.2) is 23.2 Å². The van der Waals surface area contributed by atoms with E-state index in [4.69, 9.17) is 14.2 Å². The molecule has 2 bridgehead atoms. The summed E-state index contributed by atoms with van der Waals surface area (Å²) in [7, 11) is -2.92. The first-order valence-electron chi connectivity index (χ1n) is 20.6. The number of nitrogens with zero attached hydrogens (tertiary/aromatic N) is 3. The van der Waals surface area contributed by atoms with Gasteiger partial charge in [0.2, 0.25) is 27.7 Å². The number of amides is 4. The number of carbonyl (C=O) groups excluding carboxylic acids is 4. The normalized spacial score (nSPS) is 32.6. The van der Waals surface area contributed by atoms with Crippen molar-refractivity contribution < 1.29 is 59.4 Å². The number of aromatic nitrogens is 2. The Morgan fingerprint density at radius 1 is 1.07 bits per heavy atom. The van der Waals surface area contributed by atoms with Crippen LogP contribution in [0.25, 0.3) is 11.0 Å². The zero-order valence-electron chi connectivity index (χ0n) is 34.7. The molecule has 2 aliphatic heterocycles. The van der Waals surface area contributed by atoms with Gasteiger partial charge in [0.1, 0.15) is 30.0 Å². The Balaban J connectivity index is 1.20. The molecule has 6 aliphatic rings. The molecule has 4 aliphatic carbocycles. The third kappa shape index (κ3) is 7.53. The predicted molar refractivity (Wildman–Crippen MR) is 209 cm³/mol. The standard InChI is InChI=1S/C41H50F4N6O9S/c1-7-22-26-19-51(28(22)32(52)49-40(17-23(40)31(42)43)35(54)50-61(56,57)38(5)13-14-38)34(53)30(37(2,3)4)48-36(55)60-27-18-39(27)16-20(39)9-8-12-41(44,45)29-33(59-26)47-25-15-21(58-6)10-11-24(25)46-29/h10-11,15,20,22,26-28,30H,7-9,12-14,16-19H2,1-6H3,(H,48,55)(H,49,52)(H,50,54)/t20?,22-,26+,27-,28+,30-,39?,40-/m1/s1. The van der Waals surface area contributed by atoms with Gasteiger partial charge in [-0.05, 0) is 75.3 Å². The molecule has 15 nitrogen and oxygen atoms in total. The Hall–Kier alpha value is -4.75. The topological polar surface area (TPSA) is 195 Å². The Kier molecular flexibility index (Phi) is 10.1. The van der Waals surface area contributed by atoms with E-state index < -0.39 is 128 Å². The summed E-state index contributed by atoms with van der Waals surface area (Å²) in [6.45, 7) is 7.61. The van der Waals surface area contributed by atoms with E-state index in [1.165, 1.54) is 26.2 Å². The minimum absolute atomic E-state index is 0.0417. The van der Waals surface area contributed by atoms with Gasteiger partial charge in [-0.2, -0.15) is 17.6 Å². The first-order valence-corrected chi connectivity index (χ1v) is 22.1. The average molecular weight is 879 g/mol. The molecule has 2 unspecified atom stereocenters. The van der Waals surface area contributed by atoms with Gasteiger partial charge in [-0.1, -0.05) is 27.7 Å². The largest absolute Gasteiger partial charge is 0.497 e. The number of rotatable bonds is 7. The zero-order chi connectivity index (χ0) is 44.2. The average Bonchev–Trinajstić information content (AvgIpc) is 4.10. The highest BCUT2D eigenvalue weighted by atomic mass is 32.2. The molecule has 1 aromatic heterocycles. The number of halogens is 4. The maximum atomic E-state index is 16.5. The van der Waals surface area contributed by atoms with Crippen molar-refractivity contribution in [2.75, 3.05) is 13.7 Å². The van der Waals surface area contributed by atoms with E-state index in [0.717, 1.165) is 4.90 Å². The Bertz CT molecular complexity index is 2350. The lowest BCUT2D eigenvalue weighted by Gasteiger charge is -2.36. The number of carbonyl (C=O) groups is 4. The molecule has 61 heavy (non-hydrogen) atoms. The quantitative estimate of drug-likeness (QED) is 0.309. The summed E-state index contributed by atoms with van der Waals surface area (Å²) < 4.78 is 106. The Morgan fingerprint density at radius 3 is 2.41 bits per heavy atom. The van der Waals surface area contributed by atoms with E-state index in [1.54, 1.807) is 33.8 Å². The fourth-order valence-corrected chi connectivity index (χ4v) is 10.5. The van der Waals surface area contributed by atoms with Gasteiger partial charge in [0.05, 0.1) is 29.4 Å². The van der Waals surface area contributed by atoms with Gasteiger partial charge in [-0.3, -0.25) is 19.1 Å². The van der Waals surface area contributed by atoms with Crippen molar-refractivity contribution in [3.8, 4) is 11.6 Å². The van der Waals surface area contributed by atoms with Gasteiger partial charge >= 0.3 is 6.09 Å². The van der Waals surface area contributed by atoms with Crippen LogP contribution in [0.15, 0.2) is 29.9 Å². The summed E-state index contributed by atoms with van der Waals surface area (Å²) in [6.07, 6.45) is -3.91. The third-order valence-electron chi connectivity index (χ3n) is 13.7. The van der Waals surface area contributed by atoms with Crippen LogP contribution in [-0.2, 0) is 35.1 Å². The number of nitrogens with one attached hydrogen (secondary N) is 3. The van der Waals surface area contributed by atoms with Crippen LogP contribution in [0.3, 0.4) is 0 Å². The molecule has 2 aromatic rings. The van der Waals surface area contributed by atoms with Gasteiger partial charge < -0.3 is 29.7 Å². The van der Waals surface area contributed by atoms with Crippen LogP contribution >= 0.6 is 0 Å². The molecule has 1 saturated heterocycles. The number of sulfonamides is 1. The summed E-state index contributed by atoms with van der Waals surface area (Å²) >= 11 is 0. The van der Waals surface area contributed by atoms with Gasteiger partial charge in [0.15, 0.2) is 11.2 Å². The molecule has 1 aromatic carbocycles. The van der Waals surface area contributed by atoms with E-state index in [2.05, 4.69) is 20.6 Å². The summed E-state index contributed by atoms with van der Waals surface area (Å²) in [5, 5.41) is 5.04. The van der Waals surface area contributed by atoms with Crippen LogP contribution in [0.4, 0.5) is 22.4 Å². The Labute approximate surface area is 350 Å². The lowest BCUT2D eigenvalue weighted by molar-refractivity contribution is -0.143. The van der Waals surface area contributed by atoms with E-state index in [9.17, 15) is 36.4 Å². The van der Waals surface area contributed by atoms with Crippen LogP contribution in [0.5, 0.6) is 11.6 Å². The molecule has 5 fully saturated rings. The molecular formula is C41H50F4N6O9S. The van der Waals surface area contributed by atoms with Crippen LogP contribution < -0.4 is 24.8 Å². The number of benzene rings is 1. The molecule has 20 heteroatoms. The minimum Gasteiger partial charge on any atom is -0.497 e. The number of ether oxygens (including phenoxy) is 3. The fourth-order valence-electron chi connectivity index (χ4n) is 9.23. The smallest absolute Gasteiger partial charge is 0.408 e. The highest BCUT2D eigenvalue weighted by Gasteiger charge is 2.72.